The fraction of sp³-hybridized carbons (Fsp3) is 0.294. The van der Waals surface area contributed by atoms with Crippen LogP contribution in [0.1, 0.15) is 22.2 Å². The second-order valence-electron chi connectivity index (χ2n) is 4.99. The van der Waals surface area contributed by atoms with E-state index in [4.69, 9.17) is 21.1 Å². The highest BCUT2D eigenvalue weighted by Crippen LogP contribution is 2.22. The SMILES string of the molecule is CCOC(=O)c1ccc(OCC(=O)N(C)Cc2ccc(Cl)s2)cc1. The number of benzene rings is 1. The molecule has 7 heteroatoms. The van der Waals surface area contributed by atoms with E-state index < -0.39 is 0 Å². The van der Waals surface area contributed by atoms with Gasteiger partial charge in [0.2, 0.25) is 0 Å². The lowest BCUT2D eigenvalue weighted by atomic mass is 10.2. The Morgan fingerprint density at radius 2 is 1.88 bits per heavy atom. The summed E-state index contributed by atoms with van der Waals surface area (Å²) in [6.45, 7) is 2.49. The molecule has 1 amide bonds. The summed E-state index contributed by atoms with van der Waals surface area (Å²) in [6, 6.07) is 10.2. The summed E-state index contributed by atoms with van der Waals surface area (Å²) in [5.41, 5.74) is 0.446. The highest BCUT2D eigenvalue weighted by molar-refractivity contribution is 7.16. The van der Waals surface area contributed by atoms with Crippen molar-refractivity contribution in [3.05, 3.63) is 51.2 Å². The molecule has 0 aliphatic carbocycles. The minimum Gasteiger partial charge on any atom is -0.484 e. The average Bonchev–Trinajstić information content (AvgIpc) is 2.98. The molecule has 0 atom stereocenters. The predicted molar refractivity (Wildman–Crippen MR) is 93.7 cm³/mol. The van der Waals surface area contributed by atoms with Gasteiger partial charge in [0.15, 0.2) is 6.61 Å². The van der Waals surface area contributed by atoms with Crippen LogP contribution in [0.15, 0.2) is 36.4 Å². The molecule has 0 N–H and O–H groups in total. The van der Waals surface area contributed by atoms with Crippen LogP contribution in [0.25, 0.3) is 0 Å². The molecule has 1 heterocycles. The molecule has 128 valence electrons. The van der Waals surface area contributed by atoms with Crippen molar-refractivity contribution in [2.75, 3.05) is 20.3 Å². The van der Waals surface area contributed by atoms with Gasteiger partial charge in [0.1, 0.15) is 5.75 Å². The zero-order chi connectivity index (χ0) is 17.5. The molecule has 0 saturated carbocycles. The molecule has 0 bridgehead atoms. The van der Waals surface area contributed by atoms with Crippen LogP contribution in [0.2, 0.25) is 4.34 Å². The highest BCUT2D eigenvalue weighted by atomic mass is 35.5. The Balaban J connectivity index is 1.83. The molecular formula is C17H18ClNO4S. The first-order chi connectivity index (χ1) is 11.5. The Bertz CT molecular complexity index is 699. The lowest BCUT2D eigenvalue weighted by Crippen LogP contribution is -2.30. The van der Waals surface area contributed by atoms with Crippen LogP contribution in [-0.2, 0) is 16.1 Å². The molecule has 0 fully saturated rings. The van der Waals surface area contributed by atoms with Crippen molar-refractivity contribution in [2.24, 2.45) is 0 Å². The van der Waals surface area contributed by atoms with Crippen LogP contribution in [0.4, 0.5) is 0 Å². The van der Waals surface area contributed by atoms with Gasteiger partial charge in [0.25, 0.3) is 5.91 Å². The summed E-state index contributed by atoms with van der Waals surface area (Å²) < 4.78 is 11.1. The highest BCUT2D eigenvalue weighted by Gasteiger charge is 2.12. The number of esters is 1. The lowest BCUT2D eigenvalue weighted by molar-refractivity contribution is -0.132. The van der Waals surface area contributed by atoms with Gasteiger partial charge in [0, 0.05) is 11.9 Å². The summed E-state index contributed by atoms with van der Waals surface area (Å²) in [4.78, 5) is 26.2. The van der Waals surface area contributed by atoms with Gasteiger partial charge in [-0.1, -0.05) is 11.6 Å². The first-order valence-corrected chi connectivity index (χ1v) is 8.57. The Labute approximate surface area is 149 Å². The fourth-order valence-corrected chi connectivity index (χ4v) is 3.06. The summed E-state index contributed by atoms with van der Waals surface area (Å²) >= 11 is 7.32. The van der Waals surface area contributed by atoms with Crippen molar-refractivity contribution in [3.63, 3.8) is 0 Å². The van der Waals surface area contributed by atoms with Gasteiger partial charge in [0.05, 0.1) is 23.1 Å². The minimum atomic E-state index is -0.380. The standard InChI is InChI=1S/C17H18ClNO4S/c1-3-22-17(21)12-4-6-13(7-5-12)23-11-16(20)19(2)10-14-8-9-15(18)24-14/h4-9H,3,10-11H2,1-2H3. The molecular weight excluding hydrogens is 350 g/mol. The van der Waals surface area contributed by atoms with E-state index in [1.807, 2.05) is 12.1 Å². The normalized spacial score (nSPS) is 10.3. The first kappa shape index (κ1) is 18.3. The van der Waals surface area contributed by atoms with Gasteiger partial charge in [-0.15, -0.1) is 11.3 Å². The molecule has 0 saturated heterocycles. The number of nitrogens with zero attached hydrogens (tertiary/aromatic N) is 1. The monoisotopic (exact) mass is 367 g/mol. The summed E-state index contributed by atoms with van der Waals surface area (Å²) in [6.07, 6.45) is 0. The zero-order valence-electron chi connectivity index (χ0n) is 13.5. The van der Waals surface area contributed by atoms with E-state index in [1.54, 1.807) is 43.1 Å². The van der Waals surface area contributed by atoms with Crippen molar-refractivity contribution < 1.29 is 19.1 Å². The van der Waals surface area contributed by atoms with Crippen LogP contribution >= 0.6 is 22.9 Å². The molecule has 0 spiro atoms. The number of ether oxygens (including phenoxy) is 2. The van der Waals surface area contributed by atoms with Crippen molar-refractivity contribution in [3.8, 4) is 5.75 Å². The maximum Gasteiger partial charge on any atom is 0.338 e. The van der Waals surface area contributed by atoms with Crippen molar-refractivity contribution in [1.29, 1.82) is 0 Å². The Hall–Kier alpha value is -2.05. The van der Waals surface area contributed by atoms with E-state index >= 15 is 0 Å². The van der Waals surface area contributed by atoms with Crippen LogP contribution in [0, 0.1) is 0 Å². The molecule has 0 aliphatic rings. The number of rotatable bonds is 7. The van der Waals surface area contributed by atoms with Gasteiger partial charge in [-0.3, -0.25) is 4.79 Å². The number of carbonyl (C=O) groups excluding carboxylic acids is 2. The van der Waals surface area contributed by atoms with Crippen LogP contribution in [0.3, 0.4) is 0 Å². The van der Waals surface area contributed by atoms with Crippen molar-refractivity contribution in [1.82, 2.24) is 4.90 Å². The fourth-order valence-electron chi connectivity index (χ4n) is 1.92. The number of thiophene rings is 1. The van der Waals surface area contributed by atoms with E-state index in [1.165, 1.54) is 11.3 Å². The van der Waals surface area contributed by atoms with Crippen LogP contribution < -0.4 is 4.74 Å². The second kappa shape index (κ2) is 8.70. The molecule has 24 heavy (non-hydrogen) atoms. The van der Waals surface area contributed by atoms with Gasteiger partial charge in [-0.05, 0) is 43.3 Å². The first-order valence-electron chi connectivity index (χ1n) is 7.37. The smallest absolute Gasteiger partial charge is 0.338 e. The predicted octanol–water partition coefficient (Wildman–Crippen LogP) is 3.62. The molecule has 0 radical (unpaired) electrons. The maximum absolute atomic E-state index is 12.1. The number of hydrogen-bond acceptors (Lipinski definition) is 5. The molecule has 0 aliphatic heterocycles. The van der Waals surface area contributed by atoms with Gasteiger partial charge in [-0.25, -0.2) is 4.79 Å². The summed E-state index contributed by atoms with van der Waals surface area (Å²) in [5.74, 6) is -0.00701. The van der Waals surface area contributed by atoms with Gasteiger partial charge in [-0.2, -0.15) is 0 Å². The Kier molecular flexibility index (Phi) is 6.63. The summed E-state index contributed by atoms with van der Waals surface area (Å²) in [5, 5.41) is 0. The Morgan fingerprint density at radius 1 is 1.17 bits per heavy atom. The summed E-state index contributed by atoms with van der Waals surface area (Å²) in [7, 11) is 1.71. The van der Waals surface area contributed by atoms with E-state index in [2.05, 4.69) is 0 Å². The molecule has 1 aromatic carbocycles. The van der Waals surface area contributed by atoms with Crippen LogP contribution in [-0.4, -0.2) is 37.0 Å². The van der Waals surface area contributed by atoms with E-state index in [0.29, 0.717) is 28.8 Å². The van der Waals surface area contributed by atoms with E-state index in [0.717, 1.165) is 4.88 Å². The molecule has 1 aromatic heterocycles. The van der Waals surface area contributed by atoms with E-state index in [-0.39, 0.29) is 18.5 Å². The lowest BCUT2D eigenvalue weighted by Gasteiger charge is -2.16. The number of halogens is 1. The molecule has 5 nitrogen and oxygen atoms in total. The second-order valence-corrected chi connectivity index (χ2v) is 6.79. The zero-order valence-corrected chi connectivity index (χ0v) is 15.0. The van der Waals surface area contributed by atoms with Crippen molar-refractivity contribution >= 4 is 34.8 Å². The van der Waals surface area contributed by atoms with Gasteiger partial charge >= 0.3 is 5.97 Å². The number of amides is 1. The number of carbonyl (C=O) groups is 2. The molecule has 0 unspecified atom stereocenters. The number of likely N-dealkylation sites (N-methyl/N-ethyl adjacent to an activating group) is 1. The largest absolute Gasteiger partial charge is 0.484 e. The average molecular weight is 368 g/mol. The quantitative estimate of drug-likeness (QED) is 0.701. The van der Waals surface area contributed by atoms with E-state index in [9.17, 15) is 9.59 Å². The third kappa shape index (κ3) is 5.25. The third-order valence-corrected chi connectivity index (χ3v) is 4.39. The molecule has 2 aromatic rings. The van der Waals surface area contributed by atoms with Crippen molar-refractivity contribution in [2.45, 2.75) is 13.5 Å². The maximum atomic E-state index is 12.1. The third-order valence-electron chi connectivity index (χ3n) is 3.18. The number of hydrogen-bond donors (Lipinski definition) is 0. The Morgan fingerprint density at radius 3 is 2.46 bits per heavy atom. The molecule has 2 rings (SSSR count). The minimum absolute atomic E-state index is 0.0750. The van der Waals surface area contributed by atoms with Crippen LogP contribution in [0.5, 0.6) is 5.75 Å². The van der Waals surface area contributed by atoms with Gasteiger partial charge < -0.3 is 14.4 Å². The topological polar surface area (TPSA) is 55.8 Å².